The average Bonchev–Trinajstić information content (AvgIpc) is 2.83. The van der Waals surface area contributed by atoms with E-state index in [4.69, 9.17) is 10.5 Å². The molecule has 1 amide bonds. The van der Waals surface area contributed by atoms with E-state index in [0.29, 0.717) is 6.54 Å². The number of rotatable bonds is 3. The Balaban J connectivity index is 1.95. The maximum Gasteiger partial charge on any atom is 0.246 e. The summed E-state index contributed by atoms with van der Waals surface area (Å²) in [5.74, 6) is 0.836. The fraction of sp³-hybridized carbons (Fsp3) is 0.357. The number of likely N-dealkylation sites (tertiary alicyclic amines) is 1. The average molecular weight is 246 g/mol. The lowest BCUT2D eigenvalue weighted by Crippen LogP contribution is -2.30. The number of nitrogens with zero attached hydrogens (tertiary/aromatic N) is 1. The Morgan fingerprint density at radius 3 is 2.72 bits per heavy atom. The maximum atomic E-state index is 11.8. The van der Waals surface area contributed by atoms with Gasteiger partial charge in [0.1, 0.15) is 5.75 Å². The predicted molar refractivity (Wildman–Crippen MR) is 71.2 cm³/mol. The molecule has 0 saturated carbocycles. The first-order chi connectivity index (χ1) is 8.69. The van der Waals surface area contributed by atoms with Crippen LogP contribution in [0.3, 0.4) is 0 Å². The molecule has 1 heterocycles. The molecule has 0 bridgehead atoms. The molecular formula is C14H18N2O2. The Kier molecular flexibility index (Phi) is 3.99. The summed E-state index contributed by atoms with van der Waals surface area (Å²) in [6, 6.07) is 7.70. The predicted octanol–water partition coefficient (Wildman–Crippen LogP) is 1.27. The Bertz CT molecular complexity index is 440. The Morgan fingerprint density at radius 1 is 1.44 bits per heavy atom. The van der Waals surface area contributed by atoms with Crippen LogP contribution in [0.5, 0.6) is 5.75 Å². The van der Waals surface area contributed by atoms with Crippen LogP contribution in [0.1, 0.15) is 12.0 Å². The van der Waals surface area contributed by atoms with Gasteiger partial charge in [0, 0.05) is 25.2 Å². The number of carbonyl (C=O) groups excluding carboxylic acids is 1. The Hall–Kier alpha value is -1.81. The van der Waals surface area contributed by atoms with E-state index in [1.54, 1.807) is 18.1 Å². The van der Waals surface area contributed by atoms with Gasteiger partial charge in [-0.1, -0.05) is 12.1 Å². The highest BCUT2D eigenvalue weighted by atomic mass is 16.5. The van der Waals surface area contributed by atoms with Crippen LogP contribution in [0, 0.1) is 0 Å². The lowest BCUT2D eigenvalue weighted by molar-refractivity contribution is -0.124. The molecule has 1 aromatic rings. The van der Waals surface area contributed by atoms with Crippen molar-refractivity contribution in [1.82, 2.24) is 4.90 Å². The summed E-state index contributed by atoms with van der Waals surface area (Å²) in [4.78, 5) is 13.6. The minimum absolute atomic E-state index is 0.0266. The van der Waals surface area contributed by atoms with Crippen molar-refractivity contribution in [3.8, 4) is 5.75 Å². The summed E-state index contributed by atoms with van der Waals surface area (Å²) in [6.07, 6.45) is 4.30. The molecule has 0 radical (unpaired) electrons. The lowest BCUT2D eigenvalue weighted by atomic mass is 10.2. The van der Waals surface area contributed by atoms with Crippen molar-refractivity contribution in [2.24, 2.45) is 5.73 Å². The van der Waals surface area contributed by atoms with Gasteiger partial charge in [0.15, 0.2) is 0 Å². The second-order valence-corrected chi connectivity index (χ2v) is 4.44. The topological polar surface area (TPSA) is 55.6 Å². The third-order valence-corrected chi connectivity index (χ3v) is 3.07. The van der Waals surface area contributed by atoms with Gasteiger partial charge in [-0.05, 0) is 30.2 Å². The molecule has 4 nitrogen and oxygen atoms in total. The second-order valence-electron chi connectivity index (χ2n) is 4.44. The van der Waals surface area contributed by atoms with E-state index in [0.717, 1.165) is 24.3 Å². The number of benzene rings is 1. The number of ether oxygens (including phenoxy) is 1. The lowest BCUT2D eigenvalue weighted by Gasteiger charge is -2.12. The second kappa shape index (κ2) is 5.69. The van der Waals surface area contributed by atoms with E-state index in [1.807, 2.05) is 30.3 Å². The molecule has 0 unspecified atom stereocenters. The molecule has 18 heavy (non-hydrogen) atoms. The number of amides is 1. The molecule has 0 aliphatic carbocycles. The quantitative estimate of drug-likeness (QED) is 0.817. The van der Waals surface area contributed by atoms with Crippen LogP contribution in [-0.2, 0) is 4.79 Å². The van der Waals surface area contributed by atoms with Gasteiger partial charge in [-0.3, -0.25) is 4.79 Å². The van der Waals surface area contributed by atoms with Crippen LogP contribution in [0.2, 0.25) is 0 Å². The van der Waals surface area contributed by atoms with Crippen molar-refractivity contribution in [2.45, 2.75) is 12.5 Å². The molecule has 2 N–H and O–H groups in total. The molecule has 0 spiro atoms. The molecule has 1 aromatic carbocycles. The van der Waals surface area contributed by atoms with Crippen LogP contribution in [0.25, 0.3) is 6.08 Å². The van der Waals surface area contributed by atoms with Gasteiger partial charge in [-0.25, -0.2) is 0 Å². The molecule has 4 heteroatoms. The molecule has 1 aliphatic rings. The van der Waals surface area contributed by atoms with Crippen molar-refractivity contribution >= 4 is 12.0 Å². The number of carbonyl (C=O) groups is 1. The zero-order valence-corrected chi connectivity index (χ0v) is 10.5. The first kappa shape index (κ1) is 12.6. The van der Waals surface area contributed by atoms with Crippen molar-refractivity contribution in [3.05, 3.63) is 35.9 Å². The molecular weight excluding hydrogens is 228 g/mol. The highest BCUT2D eigenvalue weighted by Gasteiger charge is 2.21. The summed E-state index contributed by atoms with van der Waals surface area (Å²) >= 11 is 0. The highest BCUT2D eigenvalue weighted by Crippen LogP contribution is 2.13. The van der Waals surface area contributed by atoms with Gasteiger partial charge in [0.25, 0.3) is 0 Å². The minimum atomic E-state index is 0.0266. The number of nitrogens with two attached hydrogens (primary N) is 1. The van der Waals surface area contributed by atoms with Crippen molar-refractivity contribution < 1.29 is 9.53 Å². The van der Waals surface area contributed by atoms with E-state index in [-0.39, 0.29) is 11.9 Å². The van der Waals surface area contributed by atoms with Crippen LogP contribution >= 0.6 is 0 Å². The first-order valence-electron chi connectivity index (χ1n) is 6.05. The summed E-state index contributed by atoms with van der Waals surface area (Å²) in [5, 5.41) is 0. The molecule has 1 atom stereocenters. The van der Waals surface area contributed by atoms with Crippen molar-refractivity contribution in [3.63, 3.8) is 0 Å². The summed E-state index contributed by atoms with van der Waals surface area (Å²) in [7, 11) is 1.63. The van der Waals surface area contributed by atoms with Crippen LogP contribution in [-0.4, -0.2) is 37.0 Å². The zero-order valence-electron chi connectivity index (χ0n) is 10.5. The van der Waals surface area contributed by atoms with E-state index >= 15 is 0 Å². The third-order valence-electron chi connectivity index (χ3n) is 3.07. The van der Waals surface area contributed by atoms with E-state index in [9.17, 15) is 4.79 Å². The van der Waals surface area contributed by atoms with Gasteiger partial charge in [0.05, 0.1) is 7.11 Å². The number of methoxy groups -OCH3 is 1. The SMILES string of the molecule is COc1ccc(/C=C/C(=O)N2CC[C@@H](N)C2)cc1. The van der Waals surface area contributed by atoms with Crippen LogP contribution in [0.15, 0.2) is 30.3 Å². The third kappa shape index (κ3) is 3.11. The zero-order chi connectivity index (χ0) is 13.0. The fourth-order valence-corrected chi connectivity index (χ4v) is 1.98. The van der Waals surface area contributed by atoms with Gasteiger partial charge in [-0.2, -0.15) is 0 Å². The standard InChI is InChI=1S/C14H18N2O2/c1-18-13-5-2-11(3-6-13)4-7-14(17)16-9-8-12(15)10-16/h2-7,12H,8-10,15H2,1H3/b7-4+/t12-/m1/s1. The summed E-state index contributed by atoms with van der Waals surface area (Å²) in [5.41, 5.74) is 6.75. The van der Waals surface area contributed by atoms with E-state index in [1.165, 1.54) is 0 Å². The van der Waals surface area contributed by atoms with Crippen LogP contribution in [0.4, 0.5) is 0 Å². The smallest absolute Gasteiger partial charge is 0.246 e. The summed E-state index contributed by atoms with van der Waals surface area (Å²) in [6.45, 7) is 1.42. The maximum absolute atomic E-state index is 11.8. The normalized spacial score (nSPS) is 19.4. The fourth-order valence-electron chi connectivity index (χ4n) is 1.98. The first-order valence-corrected chi connectivity index (χ1v) is 6.05. The van der Waals surface area contributed by atoms with Gasteiger partial charge >= 0.3 is 0 Å². The van der Waals surface area contributed by atoms with Gasteiger partial charge in [-0.15, -0.1) is 0 Å². The van der Waals surface area contributed by atoms with Crippen LogP contribution < -0.4 is 10.5 Å². The minimum Gasteiger partial charge on any atom is -0.497 e. The monoisotopic (exact) mass is 246 g/mol. The summed E-state index contributed by atoms with van der Waals surface area (Å²) < 4.78 is 5.07. The number of hydrogen-bond acceptors (Lipinski definition) is 3. The number of hydrogen-bond donors (Lipinski definition) is 1. The molecule has 0 aromatic heterocycles. The van der Waals surface area contributed by atoms with Crippen molar-refractivity contribution in [2.75, 3.05) is 20.2 Å². The Labute approximate surface area is 107 Å². The van der Waals surface area contributed by atoms with Gasteiger partial charge in [0.2, 0.25) is 5.91 Å². The Morgan fingerprint density at radius 2 is 2.17 bits per heavy atom. The molecule has 2 rings (SSSR count). The largest absolute Gasteiger partial charge is 0.497 e. The molecule has 1 saturated heterocycles. The molecule has 96 valence electrons. The van der Waals surface area contributed by atoms with E-state index < -0.39 is 0 Å². The van der Waals surface area contributed by atoms with E-state index in [2.05, 4.69) is 0 Å². The van der Waals surface area contributed by atoms with Gasteiger partial charge < -0.3 is 15.4 Å². The van der Waals surface area contributed by atoms with Crippen molar-refractivity contribution in [1.29, 1.82) is 0 Å². The molecule has 1 aliphatic heterocycles. The molecule has 1 fully saturated rings. The highest BCUT2D eigenvalue weighted by molar-refractivity contribution is 5.92.